The number of amides is 2. The molecule has 19 heavy (non-hydrogen) atoms. The summed E-state index contributed by atoms with van der Waals surface area (Å²) in [6, 6.07) is 0. The molecule has 1 saturated heterocycles. The molecule has 104 valence electrons. The summed E-state index contributed by atoms with van der Waals surface area (Å²) in [4.78, 5) is 25.7. The van der Waals surface area contributed by atoms with Crippen molar-refractivity contribution in [2.45, 2.75) is 50.5 Å². The second-order valence-electron chi connectivity index (χ2n) is 7.45. The Bertz CT molecular complexity index is 410. The highest BCUT2D eigenvalue weighted by atomic mass is 16.2. The van der Waals surface area contributed by atoms with E-state index >= 15 is 0 Å². The Balaban J connectivity index is 1.62. The van der Waals surface area contributed by atoms with Gasteiger partial charge >= 0.3 is 0 Å². The van der Waals surface area contributed by atoms with E-state index in [9.17, 15) is 9.59 Å². The number of nitrogens with zero attached hydrogens (tertiary/aromatic N) is 1. The van der Waals surface area contributed by atoms with Gasteiger partial charge in [0.1, 0.15) is 0 Å². The summed E-state index contributed by atoms with van der Waals surface area (Å²) in [5.74, 6) is 2.09. The van der Waals surface area contributed by atoms with Crippen LogP contribution in [0.3, 0.4) is 0 Å². The van der Waals surface area contributed by atoms with Crippen LogP contribution in [0.15, 0.2) is 0 Å². The molecule has 4 saturated carbocycles. The van der Waals surface area contributed by atoms with Gasteiger partial charge in [-0.2, -0.15) is 0 Å². The molecule has 4 bridgehead atoms. The predicted octanol–water partition coefficient (Wildman–Crippen LogP) is 1.29. The van der Waals surface area contributed by atoms with Crippen molar-refractivity contribution >= 4 is 11.8 Å². The summed E-state index contributed by atoms with van der Waals surface area (Å²) in [5.41, 5.74) is 5.49. The average molecular weight is 262 g/mol. The Morgan fingerprint density at radius 2 is 1.63 bits per heavy atom. The number of rotatable bonds is 2. The Morgan fingerprint density at radius 1 is 1.11 bits per heavy atom. The van der Waals surface area contributed by atoms with Crippen molar-refractivity contribution in [1.29, 1.82) is 0 Å². The third-order valence-corrected chi connectivity index (χ3v) is 6.11. The first-order valence-corrected chi connectivity index (χ1v) is 7.65. The molecule has 5 aliphatic rings. The van der Waals surface area contributed by atoms with E-state index in [0.717, 1.165) is 17.8 Å². The molecule has 1 atom stereocenters. The van der Waals surface area contributed by atoms with Crippen LogP contribution in [0.5, 0.6) is 0 Å². The normalized spacial score (nSPS) is 48.0. The highest BCUT2D eigenvalue weighted by Crippen LogP contribution is 2.58. The smallest absolute Gasteiger partial charge is 0.223 e. The Hall–Kier alpha value is -1.06. The van der Waals surface area contributed by atoms with Gasteiger partial charge in [0.05, 0.1) is 5.92 Å². The maximum absolute atomic E-state index is 12.3. The molecule has 0 spiro atoms. The van der Waals surface area contributed by atoms with E-state index in [2.05, 4.69) is 4.90 Å². The fourth-order valence-corrected chi connectivity index (χ4v) is 5.75. The number of carbonyl (C=O) groups is 2. The van der Waals surface area contributed by atoms with Gasteiger partial charge in [-0.3, -0.25) is 9.59 Å². The number of nitrogens with two attached hydrogens (primary N) is 1. The fraction of sp³-hybridized carbons (Fsp3) is 0.867. The van der Waals surface area contributed by atoms with Crippen molar-refractivity contribution < 1.29 is 9.59 Å². The van der Waals surface area contributed by atoms with Crippen molar-refractivity contribution in [1.82, 2.24) is 4.90 Å². The van der Waals surface area contributed by atoms with Crippen LogP contribution < -0.4 is 5.73 Å². The van der Waals surface area contributed by atoms with Crippen LogP contribution in [0.2, 0.25) is 0 Å². The molecular formula is C15H22N2O2. The minimum atomic E-state index is -0.305. The minimum Gasteiger partial charge on any atom is -0.369 e. The van der Waals surface area contributed by atoms with Gasteiger partial charge in [0.25, 0.3) is 0 Å². The number of likely N-dealkylation sites (tertiary alicyclic amines) is 1. The second-order valence-corrected chi connectivity index (χ2v) is 7.45. The highest BCUT2D eigenvalue weighted by molar-refractivity contribution is 5.88. The summed E-state index contributed by atoms with van der Waals surface area (Å²) in [7, 11) is 0. The van der Waals surface area contributed by atoms with Crippen molar-refractivity contribution in [2.75, 3.05) is 6.54 Å². The van der Waals surface area contributed by atoms with Gasteiger partial charge in [-0.1, -0.05) is 0 Å². The SMILES string of the molecule is NC(=O)[C@H]1CC(=O)N(C23CC4CC(CC(C4)C2)C3)C1. The van der Waals surface area contributed by atoms with Gasteiger partial charge in [0.15, 0.2) is 0 Å². The molecule has 5 fully saturated rings. The van der Waals surface area contributed by atoms with Gasteiger partial charge in [-0.15, -0.1) is 0 Å². The van der Waals surface area contributed by atoms with Crippen LogP contribution in [-0.4, -0.2) is 28.8 Å². The standard InChI is InChI=1S/C15H22N2O2/c16-14(19)12-4-13(18)17(8-12)15-5-9-1-10(6-15)3-11(2-9)7-15/h9-12H,1-8H2,(H2,16,19)/t9?,10?,11?,12-,15?/m0/s1. The molecule has 1 heterocycles. The van der Waals surface area contributed by atoms with Gasteiger partial charge < -0.3 is 10.6 Å². The first kappa shape index (κ1) is 11.7. The number of hydrogen-bond donors (Lipinski definition) is 1. The van der Waals surface area contributed by atoms with Crippen molar-refractivity contribution in [3.63, 3.8) is 0 Å². The van der Waals surface area contributed by atoms with Crippen LogP contribution in [0, 0.1) is 23.7 Å². The topological polar surface area (TPSA) is 63.4 Å². The molecular weight excluding hydrogens is 240 g/mol. The van der Waals surface area contributed by atoms with E-state index in [1.165, 1.54) is 38.5 Å². The largest absolute Gasteiger partial charge is 0.369 e. The highest BCUT2D eigenvalue weighted by Gasteiger charge is 2.56. The summed E-state index contributed by atoms with van der Waals surface area (Å²) in [6.07, 6.45) is 8.00. The lowest BCUT2D eigenvalue weighted by atomic mass is 9.52. The molecule has 1 aliphatic heterocycles. The quantitative estimate of drug-likeness (QED) is 0.815. The van der Waals surface area contributed by atoms with Crippen LogP contribution in [0.1, 0.15) is 44.9 Å². The molecule has 0 aromatic rings. The average Bonchev–Trinajstić information content (AvgIpc) is 2.70. The lowest BCUT2D eigenvalue weighted by Gasteiger charge is -2.59. The lowest BCUT2D eigenvalue weighted by molar-refractivity contribution is -0.145. The third-order valence-electron chi connectivity index (χ3n) is 6.11. The van der Waals surface area contributed by atoms with Crippen LogP contribution in [0.4, 0.5) is 0 Å². The maximum atomic E-state index is 12.3. The van der Waals surface area contributed by atoms with Crippen LogP contribution in [0.25, 0.3) is 0 Å². The zero-order valence-corrected chi connectivity index (χ0v) is 11.3. The Labute approximate surface area is 113 Å². The van der Waals surface area contributed by atoms with Gasteiger partial charge in [0.2, 0.25) is 11.8 Å². The molecule has 0 aromatic carbocycles. The minimum absolute atomic E-state index is 0.0933. The van der Waals surface area contributed by atoms with Gasteiger partial charge in [-0.25, -0.2) is 0 Å². The molecule has 2 N–H and O–H groups in total. The molecule has 0 unspecified atom stereocenters. The summed E-state index contributed by atoms with van der Waals surface area (Å²) >= 11 is 0. The van der Waals surface area contributed by atoms with Crippen LogP contribution >= 0.6 is 0 Å². The van der Waals surface area contributed by atoms with E-state index in [4.69, 9.17) is 5.73 Å². The van der Waals surface area contributed by atoms with E-state index < -0.39 is 0 Å². The monoisotopic (exact) mass is 262 g/mol. The van der Waals surface area contributed by atoms with E-state index in [1.54, 1.807) is 0 Å². The lowest BCUT2D eigenvalue weighted by Crippen LogP contribution is -2.60. The zero-order chi connectivity index (χ0) is 13.2. The molecule has 2 amide bonds. The second kappa shape index (κ2) is 3.74. The first-order chi connectivity index (χ1) is 9.06. The Kier molecular flexibility index (Phi) is 2.31. The van der Waals surface area contributed by atoms with E-state index in [1.807, 2.05) is 0 Å². The molecule has 4 aliphatic carbocycles. The summed E-state index contributed by atoms with van der Waals surface area (Å²) in [6.45, 7) is 0.584. The van der Waals surface area contributed by atoms with Crippen LogP contribution in [-0.2, 0) is 9.59 Å². The first-order valence-electron chi connectivity index (χ1n) is 7.65. The van der Waals surface area contributed by atoms with E-state index in [0.29, 0.717) is 13.0 Å². The number of primary amides is 1. The zero-order valence-electron chi connectivity index (χ0n) is 11.3. The predicted molar refractivity (Wildman–Crippen MR) is 69.9 cm³/mol. The molecule has 0 radical (unpaired) electrons. The fourth-order valence-electron chi connectivity index (χ4n) is 5.75. The van der Waals surface area contributed by atoms with Crippen molar-refractivity contribution in [3.05, 3.63) is 0 Å². The van der Waals surface area contributed by atoms with Crippen molar-refractivity contribution in [2.24, 2.45) is 29.4 Å². The molecule has 4 heteroatoms. The molecule has 4 nitrogen and oxygen atoms in total. The van der Waals surface area contributed by atoms with Crippen molar-refractivity contribution in [3.8, 4) is 0 Å². The Morgan fingerprint density at radius 3 is 2.05 bits per heavy atom. The summed E-state index contributed by atoms with van der Waals surface area (Å²) in [5, 5.41) is 0. The molecule has 0 aromatic heterocycles. The third kappa shape index (κ3) is 1.65. The van der Waals surface area contributed by atoms with E-state index in [-0.39, 0.29) is 23.3 Å². The summed E-state index contributed by atoms with van der Waals surface area (Å²) < 4.78 is 0. The van der Waals surface area contributed by atoms with Gasteiger partial charge in [-0.05, 0) is 56.3 Å². The number of hydrogen-bond acceptors (Lipinski definition) is 2. The maximum Gasteiger partial charge on any atom is 0.223 e. The molecule has 5 rings (SSSR count). The van der Waals surface area contributed by atoms with Gasteiger partial charge in [0, 0.05) is 18.5 Å². The number of carbonyl (C=O) groups excluding carboxylic acids is 2.